The molecular weight excluding hydrogens is 324 g/mol. The van der Waals surface area contributed by atoms with Crippen molar-refractivity contribution < 1.29 is 9.47 Å². The Bertz CT molecular complexity index is 736. The van der Waals surface area contributed by atoms with Crippen molar-refractivity contribution in [3.05, 3.63) is 59.7 Å². The standard InChI is InChI=1S/C22H28N2O2/c1-17-22(25-16-19-4-2-3-5-21(19)26-17)11-14-24(15-12-22)13-10-18-6-8-20(23)9-7-18/h2-9,17H,10-16,23H2,1H3. The first-order chi connectivity index (χ1) is 12.6. The molecule has 0 aromatic heterocycles. The summed E-state index contributed by atoms with van der Waals surface area (Å²) in [5, 5.41) is 0. The van der Waals surface area contributed by atoms with E-state index in [-0.39, 0.29) is 11.7 Å². The third-order valence-corrected chi connectivity index (χ3v) is 5.93. The quantitative estimate of drug-likeness (QED) is 0.857. The highest BCUT2D eigenvalue weighted by molar-refractivity contribution is 5.39. The van der Waals surface area contributed by atoms with Gasteiger partial charge in [-0.25, -0.2) is 0 Å². The van der Waals surface area contributed by atoms with Crippen LogP contribution in [0.2, 0.25) is 0 Å². The van der Waals surface area contributed by atoms with Gasteiger partial charge in [0.2, 0.25) is 0 Å². The van der Waals surface area contributed by atoms with E-state index in [0.717, 1.165) is 55.9 Å². The molecule has 1 spiro atoms. The fraction of sp³-hybridized carbons (Fsp3) is 0.455. The van der Waals surface area contributed by atoms with Crippen molar-refractivity contribution in [1.82, 2.24) is 4.90 Å². The molecule has 2 aromatic rings. The Balaban J connectivity index is 1.34. The molecule has 2 aliphatic heterocycles. The molecule has 1 atom stereocenters. The Morgan fingerprint density at radius 2 is 1.81 bits per heavy atom. The van der Waals surface area contributed by atoms with E-state index >= 15 is 0 Å². The highest BCUT2D eigenvalue weighted by Gasteiger charge is 2.43. The Morgan fingerprint density at radius 1 is 1.08 bits per heavy atom. The summed E-state index contributed by atoms with van der Waals surface area (Å²) in [5.74, 6) is 0.975. The molecule has 0 bridgehead atoms. The number of ether oxygens (including phenoxy) is 2. The molecule has 1 saturated heterocycles. The van der Waals surface area contributed by atoms with Crippen LogP contribution in [0.1, 0.15) is 30.9 Å². The lowest BCUT2D eigenvalue weighted by molar-refractivity contribution is -0.135. The number of fused-ring (bicyclic) bond motifs is 1. The average Bonchev–Trinajstić information content (AvgIpc) is 2.80. The van der Waals surface area contributed by atoms with Crippen LogP contribution in [0.25, 0.3) is 0 Å². The van der Waals surface area contributed by atoms with Crippen LogP contribution in [0.3, 0.4) is 0 Å². The van der Waals surface area contributed by atoms with Crippen LogP contribution >= 0.6 is 0 Å². The molecule has 2 aliphatic rings. The minimum Gasteiger partial charge on any atom is -0.487 e. The van der Waals surface area contributed by atoms with Crippen molar-refractivity contribution in [2.45, 2.75) is 44.5 Å². The summed E-state index contributed by atoms with van der Waals surface area (Å²) < 4.78 is 12.7. The predicted molar refractivity (Wildman–Crippen MR) is 104 cm³/mol. The number of nitrogen functional groups attached to an aromatic ring is 1. The van der Waals surface area contributed by atoms with Gasteiger partial charge in [0.25, 0.3) is 0 Å². The number of piperidine rings is 1. The van der Waals surface area contributed by atoms with Crippen molar-refractivity contribution in [2.24, 2.45) is 0 Å². The van der Waals surface area contributed by atoms with E-state index in [1.807, 2.05) is 24.3 Å². The Kier molecular flexibility index (Phi) is 4.88. The van der Waals surface area contributed by atoms with E-state index < -0.39 is 0 Å². The van der Waals surface area contributed by atoms with Gasteiger partial charge in [0.05, 0.1) is 6.61 Å². The monoisotopic (exact) mass is 352 g/mol. The van der Waals surface area contributed by atoms with Gasteiger partial charge in [0.15, 0.2) is 0 Å². The Hall–Kier alpha value is -2.04. The fourth-order valence-electron chi connectivity index (χ4n) is 4.05. The smallest absolute Gasteiger partial charge is 0.125 e. The van der Waals surface area contributed by atoms with Crippen LogP contribution < -0.4 is 10.5 Å². The van der Waals surface area contributed by atoms with Gasteiger partial charge >= 0.3 is 0 Å². The minimum atomic E-state index is -0.170. The third kappa shape index (κ3) is 3.57. The van der Waals surface area contributed by atoms with Crippen LogP contribution in [0.4, 0.5) is 5.69 Å². The van der Waals surface area contributed by atoms with Crippen LogP contribution in [0, 0.1) is 0 Å². The molecule has 26 heavy (non-hydrogen) atoms. The molecule has 1 fully saturated rings. The molecule has 4 nitrogen and oxygen atoms in total. The lowest BCUT2D eigenvalue weighted by atomic mass is 9.86. The van der Waals surface area contributed by atoms with Crippen LogP contribution in [0.5, 0.6) is 5.75 Å². The van der Waals surface area contributed by atoms with Crippen molar-refractivity contribution in [3.63, 3.8) is 0 Å². The summed E-state index contributed by atoms with van der Waals surface area (Å²) in [5.41, 5.74) is 8.92. The molecule has 2 N–H and O–H groups in total. The van der Waals surface area contributed by atoms with Crippen molar-refractivity contribution in [3.8, 4) is 5.75 Å². The number of para-hydroxylation sites is 1. The molecule has 138 valence electrons. The number of nitrogens with two attached hydrogens (primary N) is 1. The molecule has 4 heteroatoms. The second-order valence-electron chi connectivity index (χ2n) is 7.55. The van der Waals surface area contributed by atoms with Gasteiger partial charge in [-0.3, -0.25) is 0 Å². The highest BCUT2D eigenvalue weighted by Crippen LogP contribution is 2.37. The molecule has 0 radical (unpaired) electrons. The van der Waals surface area contributed by atoms with E-state index in [9.17, 15) is 0 Å². The number of hydrogen-bond donors (Lipinski definition) is 1. The van der Waals surface area contributed by atoms with Crippen molar-refractivity contribution in [1.29, 1.82) is 0 Å². The fourth-order valence-corrected chi connectivity index (χ4v) is 4.05. The average molecular weight is 352 g/mol. The summed E-state index contributed by atoms with van der Waals surface area (Å²) in [7, 11) is 0. The zero-order valence-corrected chi connectivity index (χ0v) is 15.5. The summed E-state index contributed by atoms with van der Waals surface area (Å²) in [6, 6.07) is 16.5. The maximum Gasteiger partial charge on any atom is 0.125 e. The number of anilines is 1. The first-order valence-corrected chi connectivity index (χ1v) is 9.60. The van der Waals surface area contributed by atoms with Crippen molar-refractivity contribution >= 4 is 5.69 Å². The second kappa shape index (κ2) is 7.29. The molecule has 0 saturated carbocycles. The van der Waals surface area contributed by atoms with Crippen LogP contribution in [-0.2, 0) is 17.8 Å². The first kappa shape index (κ1) is 17.4. The van der Waals surface area contributed by atoms with Gasteiger partial charge in [-0.15, -0.1) is 0 Å². The second-order valence-corrected chi connectivity index (χ2v) is 7.55. The van der Waals surface area contributed by atoms with E-state index in [1.165, 1.54) is 5.56 Å². The van der Waals surface area contributed by atoms with Gasteiger partial charge < -0.3 is 20.1 Å². The van der Waals surface area contributed by atoms with Crippen LogP contribution in [0.15, 0.2) is 48.5 Å². The number of hydrogen-bond acceptors (Lipinski definition) is 4. The summed E-state index contributed by atoms with van der Waals surface area (Å²) >= 11 is 0. The summed E-state index contributed by atoms with van der Waals surface area (Å²) in [4.78, 5) is 2.54. The van der Waals surface area contributed by atoms with E-state index in [0.29, 0.717) is 6.61 Å². The summed E-state index contributed by atoms with van der Waals surface area (Å²) in [6.07, 6.45) is 3.17. The number of rotatable bonds is 3. The number of nitrogens with zero attached hydrogens (tertiary/aromatic N) is 1. The van der Waals surface area contributed by atoms with E-state index in [1.54, 1.807) is 0 Å². The van der Waals surface area contributed by atoms with Gasteiger partial charge in [0.1, 0.15) is 17.5 Å². The SMILES string of the molecule is CC1Oc2ccccc2COC12CCN(CCc1ccc(N)cc1)CC2. The molecule has 0 aliphatic carbocycles. The molecule has 1 unspecified atom stereocenters. The third-order valence-electron chi connectivity index (χ3n) is 5.93. The lowest BCUT2D eigenvalue weighted by Gasteiger charge is -2.43. The first-order valence-electron chi connectivity index (χ1n) is 9.60. The maximum absolute atomic E-state index is 6.43. The molecule has 2 aromatic carbocycles. The largest absolute Gasteiger partial charge is 0.487 e. The normalized spacial score (nSPS) is 22.4. The zero-order valence-electron chi connectivity index (χ0n) is 15.5. The van der Waals surface area contributed by atoms with Gasteiger partial charge in [-0.2, -0.15) is 0 Å². The number of likely N-dealkylation sites (tertiary alicyclic amines) is 1. The maximum atomic E-state index is 6.43. The topological polar surface area (TPSA) is 47.7 Å². The van der Waals surface area contributed by atoms with Gasteiger partial charge in [-0.1, -0.05) is 30.3 Å². The molecular formula is C22H28N2O2. The van der Waals surface area contributed by atoms with E-state index in [2.05, 4.69) is 36.1 Å². The molecule has 4 rings (SSSR count). The van der Waals surface area contributed by atoms with Gasteiger partial charge in [-0.05, 0) is 49.9 Å². The Morgan fingerprint density at radius 3 is 2.58 bits per heavy atom. The van der Waals surface area contributed by atoms with Crippen molar-refractivity contribution in [2.75, 3.05) is 25.4 Å². The predicted octanol–water partition coefficient (Wildman–Crippen LogP) is 3.64. The minimum absolute atomic E-state index is 0.0744. The van der Waals surface area contributed by atoms with Crippen LogP contribution in [-0.4, -0.2) is 36.2 Å². The number of benzene rings is 2. The summed E-state index contributed by atoms with van der Waals surface area (Å²) in [6.45, 7) is 5.99. The zero-order chi connectivity index (χ0) is 18.0. The lowest BCUT2D eigenvalue weighted by Crippen LogP contribution is -2.53. The highest BCUT2D eigenvalue weighted by atomic mass is 16.6. The molecule has 2 heterocycles. The molecule has 0 amide bonds. The van der Waals surface area contributed by atoms with E-state index in [4.69, 9.17) is 15.2 Å². The Labute approximate surface area is 155 Å². The van der Waals surface area contributed by atoms with Gasteiger partial charge in [0, 0.05) is 30.9 Å².